The zero-order valence-corrected chi connectivity index (χ0v) is 10.7. The Morgan fingerprint density at radius 2 is 2.19 bits per heavy atom. The summed E-state index contributed by atoms with van der Waals surface area (Å²) in [5.74, 6) is 0.0938. The Bertz CT molecular complexity index is 340. The number of rotatable bonds is 6. The van der Waals surface area contributed by atoms with Crippen molar-refractivity contribution >= 4 is 15.7 Å². The minimum atomic E-state index is -2.98. The van der Waals surface area contributed by atoms with Crippen LogP contribution < -0.4 is 5.32 Å². The molecule has 1 aliphatic heterocycles. The fourth-order valence-electron chi connectivity index (χ4n) is 1.74. The maximum atomic E-state index is 11.8. The second-order valence-corrected chi connectivity index (χ2v) is 6.51. The number of amides is 1. The van der Waals surface area contributed by atoms with E-state index in [0.717, 1.165) is 19.4 Å². The molecule has 1 rings (SSSR count). The van der Waals surface area contributed by atoms with Gasteiger partial charge in [0.05, 0.1) is 11.8 Å². The minimum Gasteiger partial charge on any atom is -0.340 e. The van der Waals surface area contributed by atoms with Crippen LogP contribution in [0.2, 0.25) is 0 Å². The molecule has 0 aromatic rings. The molecular formula is C10H20N2O3S. The van der Waals surface area contributed by atoms with E-state index in [1.54, 1.807) is 4.90 Å². The highest BCUT2D eigenvalue weighted by Crippen LogP contribution is 2.10. The van der Waals surface area contributed by atoms with Gasteiger partial charge in [-0.25, -0.2) is 8.42 Å². The molecule has 94 valence electrons. The first kappa shape index (κ1) is 13.4. The number of nitrogens with zero attached hydrogens (tertiary/aromatic N) is 1. The molecule has 1 N–H and O–H groups in total. The first-order valence-electron chi connectivity index (χ1n) is 5.64. The standard InChI is InChI=1S/C10H20N2O3S/c1-3-5-11-9-4-6-12(10(9)13)7-8-16(2,14)15/h9,11H,3-8H2,1-2H3. The van der Waals surface area contributed by atoms with E-state index in [2.05, 4.69) is 5.32 Å². The molecule has 6 heteroatoms. The lowest BCUT2D eigenvalue weighted by Gasteiger charge is -2.16. The normalized spacial score (nSPS) is 21.8. The van der Waals surface area contributed by atoms with Gasteiger partial charge < -0.3 is 10.2 Å². The van der Waals surface area contributed by atoms with Gasteiger partial charge in [-0.15, -0.1) is 0 Å². The van der Waals surface area contributed by atoms with E-state index in [-0.39, 0.29) is 17.7 Å². The van der Waals surface area contributed by atoms with Crippen molar-refractivity contribution in [1.29, 1.82) is 0 Å². The van der Waals surface area contributed by atoms with Crippen LogP contribution in [-0.4, -0.2) is 56.9 Å². The van der Waals surface area contributed by atoms with Crippen LogP contribution in [-0.2, 0) is 14.6 Å². The Labute approximate surface area is 97.1 Å². The van der Waals surface area contributed by atoms with E-state index in [1.807, 2.05) is 6.92 Å². The van der Waals surface area contributed by atoms with Crippen LogP contribution in [0.25, 0.3) is 0 Å². The van der Waals surface area contributed by atoms with Crippen LogP contribution in [0.4, 0.5) is 0 Å². The zero-order chi connectivity index (χ0) is 12.2. The third-order valence-corrected chi connectivity index (χ3v) is 3.59. The second kappa shape index (κ2) is 5.63. The predicted molar refractivity (Wildman–Crippen MR) is 63.0 cm³/mol. The Balaban J connectivity index is 2.39. The monoisotopic (exact) mass is 248 g/mol. The summed E-state index contributed by atoms with van der Waals surface area (Å²) in [5.41, 5.74) is 0. The van der Waals surface area contributed by atoms with Crippen molar-refractivity contribution in [2.24, 2.45) is 0 Å². The number of carbonyl (C=O) groups is 1. The number of hydrogen-bond acceptors (Lipinski definition) is 4. The van der Waals surface area contributed by atoms with E-state index in [4.69, 9.17) is 0 Å². The Morgan fingerprint density at radius 1 is 1.50 bits per heavy atom. The van der Waals surface area contributed by atoms with E-state index < -0.39 is 9.84 Å². The van der Waals surface area contributed by atoms with E-state index in [0.29, 0.717) is 13.1 Å². The highest BCUT2D eigenvalue weighted by Gasteiger charge is 2.30. The fourth-order valence-corrected chi connectivity index (χ4v) is 2.30. The maximum absolute atomic E-state index is 11.8. The van der Waals surface area contributed by atoms with Crippen molar-refractivity contribution in [3.63, 3.8) is 0 Å². The molecule has 1 aliphatic rings. The summed E-state index contributed by atoms with van der Waals surface area (Å²) in [6.45, 7) is 3.86. The number of nitrogens with one attached hydrogen (secondary N) is 1. The zero-order valence-electron chi connectivity index (χ0n) is 9.90. The first-order chi connectivity index (χ1) is 7.44. The molecule has 1 heterocycles. The van der Waals surface area contributed by atoms with Crippen LogP contribution >= 0.6 is 0 Å². The van der Waals surface area contributed by atoms with Crippen molar-refractivity contribution < 1.29 is 13.2 Å². The van der Waals surface area contributed by atoms with Crippen molar-refractivity contribution in [3.05, 3.63) is 0 Å². The van der Waals surface area contributed by atoms with Crippen LogP contribution in [0.1, 0.15) is 19.8 Å². The molecule has 1 atom stereocenters. The highest BCUT2D eigenvalue weighted by molar-refractivity contribution is 7.90. The summed E-state index contributed by atoms with van der Waals surface area (Å²) in [6, 6.07) is -0.112. The number of hydrogen-bond donors (Lipinski definition) is 1. The first-order valence-corrected chi connectivity index (χ1v) is 7.70. The molecule has 1 unspecified atom stereocenters. The van der Waals surface area contributed by atoms with Gasteiger partial charge >= 0.3 is 0 Å². The minimum absolute atomic E-state index is 0.0390. The molecule has 0 bridgehead atoms. The fraction of sp³-hybridized carbons (Fsp3) is 0.900. The molecule has 1 saturated heterocycles. The molecule has 0 aliphatic carbocycles. The summed E-state index contributed by atoms with van der Waals surface area (Å²) in [6.07, 6.45) is 2.97. The molecule has 0 saturated carbocycles. The topological polar surface area (TPSA) is 66.5 Å². The maximum Gasteiger partial charge on any atom is 0.239 e. The molecule has 0 aromatic heterocycles. The Kier molecular flexibility index (Phi) is 4.73. The summed E-state index contributed by atoms with van der Waals surface area (Å²) >= 11 is 0. The molecule has 0 spiro atoms. The third-order valence-electron chi connectivity index (χ3n) is 2.67. The van der Waals surface area contributed by atoms with Crippen molar-refractivity contribution in [2.75, 3.05) is 31.6 Å². The van der Waals surface area contributed by atoms with Crippen LogP contribution in [0.3, 0.4) is 0 Å². The van der Waals surface area contributed by atoms with Gasteiger partial charge in [-0.2, -0.15) is 0 Å². The predicted octanol–water partition coefficient (Wildman–Crippen LogP) is -0.368. The Hall–Kier alpha value is -0.620. The lowest BCUT2D eigenvalue weighted by Crippen LogP contribution is -2.40. The second-order valence-electron chi connectivity index (χ2n) is 4.25. The van der Waals surface area contributed by atoms with Gasteiger partial charge in [0.25, 0.3) is 0 Å². The molecule has 5 nitrogen and oxygen atoms in total. The largest absolute Gasteiger partial charge is 0.340 e. The number of carbonyl (C=O) groups excluding carboxylic acids is 1. The number of likely N-dealkylation sites (tertiary alicyclic amines) is 1. The average Bonchev–Trinajstić information content (AvgIpc) is 2.53. The van der Waals surface area contributed by atoms with Crippen molar-refractivity contribution in [3.8, 4) is 0 Å². The lowest BCUT2D eigenvalue weighted by molar-refractivity contribution is -0.129. The number of sulfone groups is 1. The third kappa shape index (κ3) is 4.09. The summed E-state index contributed by atoms with van der Waals surface area (Å²) in [7, 11) is -2.98. The van der Waals surface area contributed by atoms with Crippen LogP contribution in [0, 0.1) is 0 Å². The average molecular weight is 248 g/mol. The molecule has 0 radical (unpaired) electrons. The molecule has 0 aromatic carbocycles. The summed E-state index contributed by atoms with van der Waals surface area (Å²) < 4.78 is 22.0. The summed E-state index contributed by atoms with van der Waals surface area (Å²) in [4.78, 5) is 13.4. The molecule has 1 amide bonds. The van der Waals surface area contributed by atoms with Crippen molar-refractivity contribution in [2.45, 2.75) is 25.8 Å². The van der Waals surface area contributed by atoms with Gasteiger partial charge in [0.2, 0.25) is 5.91 Å². The quantitative estimate of drug-likeness (QED) is 0.696. The van der Waals surface area contributed by atoms with Crippen LogP contribution in [0.15, 0.2) is 0 Å². The molecular weight excluding hydrogens is 228 g/mol. The highest BCUT2D eigenvalue weighted by atomic mass is 32.2. The summed E-state index contributed by atoms with van der Waals surface area (Å²) in [5, 5.41) is 3.17. The van der Waals surface area contributed by atoms with E-state index in [9.17, 15) is 13.2 Å². The van der Waals surface area contributed by atoms with E-state index >= 15 is 0 Å². The Morgan fingerprint density at radius 3 is 2.75 bits per heavy atom. The SMILES string of the molecule is CCCNC1CCN(CCS(C)(=O)=O)C1=O. The van der Waals surface area contributed by atoms with Crippen LogP contribution in [0.5, 0.6) is 0 Å². The van der Waals surface area contributed by atoms with Gasteiger partial charge in [0.15, 0.2) is 0 Å². The molecule has 16 heavy (non-hydrogen) atoms. The smallest absolute Gasteiger partial charge is 0.239 e. The molecule has 1 fully saturated rings. The van der Waals surface area contributed by atoms with Crippen molar-refractivity contribution in [1.82, 2.24) is 10.2 Å². The van der Waals surface area contributed by atoms with Gasteiger partial charge in [-0.3, -0.25) is 4.79 Å². The van der Waals surface area contributed by atoms with Gasteiger partial charge in [0, 0.05) is 19.3 Å². The van der Waals surface area contributed by atoms with E-state index in [1.165, 1.54) is 6.26 Å². The van der Waals surface area contributed by atoms with Gasteiger partial charge in [-0.05, 0) is 19.4 Å². The lowest BCUT2D eigenvalue weighted by atomic mass is 10.2. The van der Waals surface area contributed by atoms with Gasteiger partial charge in [0.1, 0.15) is 9.84 Å². The van der Waals surface area contributed by atoms with Gasteiger partial charge in [-0.1, -0.05) is 6.92 Å².